The van der Waals surface area contributed by atoms with E-state index in [1.807, 2.05) is 47.0 Å². The molecule has 0 spiro atoms. The summed E-state index contributed by atoms with van der Waals surface area (Å²) in [5.74, 6) is 0.187. The molecule has 0 radical (unpaired) electrons. The highest BCUT2D eigenvalue weighted by molar-refractivity contribution is 7.87. The van der Waals surface area contributed by atoms with Crippen LogP contribution in [0.3, 0.4) is 0 Å². The quantitative estimate of drug-likeness (QED) is 0.414. The molecule has 35 heavy (non-hydrogen) atoms. The zero-order valence-corrected chi connectivity index (χ0v) is 23.2. The Kier molecular flexibility index (Phi) is 8.52. The lowest BCUT2D eigenvalue weighted by molar-refractivity contribution is 0.00695. The van der Waals surface area contributed by atoms with Gasteiger partial charge in [-0.05, 0) is 89.2 Å². The van der Waals surface area contributed by atoms with Crippen LogP contribution < -0.4 is 4.18 Å². The smallest absolute Gasteiger partial charge is 0.338 e. The van der Waals surface area contributed by atoms with Crippen LogP contribution in [0.25, 0.3) is 0 Å². The Labute approximate surface area is 214 Å². The number of carbonyl (C=O) groups is 1. The van der Waals surface area contributed by atoms with Crippen molar-refractivity contribution >= 4 is 33.5 Å². The highest BCUT2D eigenvalue weighted by Crippen LogP contribution is 2.31. The molecule has 7 nitrogen and oxygen atoms in total. The lowest BCUT2D eigenvalue weighted by atomic mass is 10.0. The van der Waals surface area contributed by atoms with E-state index in [9.17, 15) is 9.00 Å². The van der Waals surface area contributed by atoms with Gasteiger partial charge in [0.15, 0.2) is 0 Å². The average molecular weight is 522 g/mol. The summed E-state index contributed by atoms with van der Waals surface area (Å²) in [6, 6.07) is 12.1. The van der Waals surface area contributed by atoms with Gasteiger partial charge in [0.2, 0.25) is 0 Å². The first-order chi connectivity index (χ1) is 16.3. The molecule has 0 saturated carbocycles. The van der Waals surface area contributed by atoms with Gasteiger partial charge in [0.05, 0.1) is 11.3 Å². The topological polar surface area (TPSA) is 71.4 Å². The normalized spacial score (nSPS) is 18.5. The Hall–Kier alpha value is -2.13. The van der Waals surface area contributed by atoms with Gasteiger partial charge >= 0.3 is 5.97 Å². The maximum absolute atomic E-state index is 14.2. The lowest BCUT2D eigenvalue weighted by Gasteiger charge is -2.23. The minimum atomic E-state index is -3.29. The Morgan fingerprint density at radius 1 is 1.17 bits per heavy atom. The number of ether oxygens (including phenoxy) is 1. The second-order valence-corrected chi connectivity index (χ2v) is 12.5. The molecule has 0 aliphatic carbocycles. The van der Waals surface area contributed by atoms with Gasteiger partial charge in [-0.3, -0.25) is 0 Å². The molecule has 0 N–H and O–H groups in total. The van der Waals surface area contributed by atoms with Crippen molar-refractivity contribution in [3.63, 3.8) is 0 Å². The molecular formula is C26H36ClN3O4S. The second-order valence-electron chi connectivity index (χ2n) is 10.3. The Bertz CT molecular complexity index is 1170. The number of esters is 1. The van der Waals surface area contributed by atoms with Gasteiger partial charge in [-0.1, -0.05) is 31.5 Å². The van der Waals surface area contributed by atoms with E-state index in [1.165, 1.54) is 0 Å². The summed E-state index contributed by atoms with van der Waals surface area (Å²) in [6.45, 7) is 10.7. The first kappa shape index (κ1) is 27.5. The predicted molar refractivity (Wildman–Crippen MR) is 142 cm³/mol. The average Bonchev–Trinajstić information content (AvgIpc) is 3.24. The van der Waals surface area contributed by atoms with E-state index >= 15 is 0 Å². The van der Waals surface area contributed by atoms with Crippen LogP contribution in [-0.4, -0.2) is 58.2 Å². The maximum atomic E-state index is 14.2. The summed E-state index contributed by atoms with van der Waals surface area (Å²) >= 11 is 6.47. The highest BCUT2D eigenvalue weighted by Gasteiger charge is 2.33. The predicted octanol–water partition coefficient (Wildman–Crippen LogP) is 6.06. The van der Waals surface area contributed by atoms with Crippen LogP contribution in [0.4, 0.5) is 5.69 Å². The van der Waals surface area contributed by atoms with E-state index in [0.717, 1.165) is 12.0 Å². The van der Waals surface area contributed by atoms with Crippen molar-refractivity contribution in [2.45, 2.75) is 58.6 Å². The Morgan fingerprint density at radius 2 is 1.83 bits per heavy atom. The summed E-state index contributed by atoms with van der Waals surface area (Å²) in [4.78, 5) is 14.5. The van der Waals surface area contributed by atoms with Crippen molar-refractivity contribution in [3.8, 4) is 5.75 Å². The van der Waals surface area contributed by atoms with Crippen molar-refractivity contribution in [2.24, 2.45) is 4.36 Å². The van der Waals surface area contributed by atoms with Gasteiger partial charge in [-0.2, -0.15) is 12.9 Å². The summed E-state index contributed by atoms with van der Waals surface area (Å²) in [5, 5.41) is 0.581. The van der Waals surface area contributed by atoms with Crippen LogP contribution in [0.2, 0.25) is 5.02 Å². The summed E-state index contributed by atoms with van der Waals surface area (Å²) in [6.07, 6.45) is 0.855. The number of hydrogen-bond donors (Lipinski definition) is 0. The van der Waals surface area contributed by atoms with Crippen molar-refractivity contribution < 1.29 is 17.9 Å². The zero-order chi connectivity index (χ0) is 26.0. The molecule has 3 rings (SSSR count). The molecular weight excluding hydrogens is 486 g/mol. The molecule has 2 aromatic carbocycles. The van der Waals surface area contributed by atoms with Crippen molar-refractivity contribution in [1.82, 2.24) is 9.21 Å². The van der Waals surface area contributed by atoms with Crippen molar-refractivity contribution in [3.05, 3.63) is 58.6 Å². The number of carbonyl (C=O) groups excluding carboxylic acids is 1. The standard InChI is InChI=1S/C26H36ClN3O4S/c1-18(2)23-13-10-20(16-24(23)27)28-35(32,30-15-14-21(17-30)29(6)7)34-22-11-8-19(9-12-22)25(31)33-26(3,4)5/h8-13,16,18,21H,14-15,17H2,1-7H3/t21-,35?/m0/s1. The molecule has 1 saturated heterocycles. The Morgan fingerprint density at radius 3 is 2.34 bits per heavy atom. The van der Waals surface area contributed by atoms with Crippen LogP contribution >= 0.6 is 11.6 Å². The lowest BCUT2D eigenvalue weighted by Crippen LogP contribution is -2.36. The fourth-order valence-corrected chi connectivity index (χ4v) is 5.84. The minimum absolute atomic E-state index is 0.246. The third-order valence-corrected chi connectivity index (χ3v) is 7.87. The van der Waals surface area contributed by atoms with Crippen LogP contribution in [0, 0.1) is 0 Å². The first-order valence-electron chi connectivity index (χ1n) is 11.8. The number of likely N-dealkylation sites (N-methyl/N-ethyl adjacent to an activating group) is 1. The molecule has 9 heteroatoms. The summed E-state index contributed by atoms with van der Waals surface area (Å²) in [5.41, 5.74) is 1.29. The van der Waals surface area contributed by atoms with Gasteiger partial charge < -0.3 is 13.8 Å². The number of rotatable bonds is 7. The van der Waals surface area contributed by atoms with Crippen molar-refractivity contribution in [2.75, 3.05) is 27.2 Å². The molecule has 1 heterocycles. The molecule has 0 amide bonds. The van der Waals surface area contributed by atoms with Gasteiger partial charge in [0.1, 0.15) is 11.4 Å². The van der Waals surface area contributed by atoms with Gasteiger partial charge in [0.25, 0.3) is 10.2 Å². The number of hydrogen-bond acceptors (Lipinski definition) is 6. The third kappa shape index (κ3) is 7.19. The third-order valence-electron chi connectivity index (χ3n) is 5.70. The molecule has 1 aliphatic rings. The van der Waals surface area contributed by atoms with Crippen molar-refractivity contribution in [1.29, 1.82) is 0 Å². The molecule has 1 aliphatic heterocycles. The first-order valence-corrected chi connectivity index (χ1v) is 13.6. The zero-order valence-electron chi connectivity index (χ0n) is 21.6. The fraction of sp³-hybridized carbons (Fsp3) is 0.500. The van der Waals surface area contributed by atoms with Crippen LogP contribution in [0.15, 0.2) is 46.8 Å². The van der Waals surface area contributed by atoms with E-state index in [1.54, 1.807) is 34.6 Å². The van der Waals surface area contributed by atoms with E-state index in [2.05, 4.69) is 23.1 Å². The van der Waals surface area contributed by atoms with Gasteiger partial charge in [0, 0.05) is 24.2 Å². The van der Waals surface area contributed by atoms with Crippen LogP contribution in [-0.2, 0) is 14.9 Å². The van der Waals surface area contributed by atoms with Gasteiger partial charge in [-0.25, -0.2) is 4.79 Å². The monoisotopic (exact) mass is 521 g/mol. The molecule has 2 atom stereocenters. The fourth-order valence-electron chi connectivity index (χ4n) is 3.75. The second kappa shape index (κ2) is 10.9. The number of benzene rings is 2. The number of nitrogens with zero attached hydrogens (tertiary/aromatic N) is 3. The number of halogens is 1. The summed E-state index contributed by atoms with van der Waals surface area (Å²) < 4.78 is 32.0. The largest absolute Gasteiger partial charge is 0.456 e. The molecule has 192 valence electrons. The molecule has 1 unspecified atom stereocenters. The molecule has 2 aromatic rings. The maximum Gasteiger partial charge on any atom is 0.338 e. The van der Waals surface area contributed by atoms with E-state index < -0.39 is 21.8 Å². The SMILES string of the molecule is CC(C)c1ccc(N=S(=O)(Oc2ccc(C(=O)OC(C)(C)C)cc2)N2CC[C@H](N(C)C)C2)cc1Cl. The molecule has 1 fully saturated rings. The Balaban J connectivity index is 1.94. The van der Waals surface area contributed by atoms with Crippen LogP contribution in [0.5, 0.6) is 5.75 Å². The van der Waals surface area contributed by atoms with E-state index in [-0.39, 0.29) is 12.0 Å². The van der Waals surface area contributed by atoms with E-state index in [0.29, 0.717) is 35.1 Å². The van der Waals surface area contributed by atoms with Crippen LogP contribution in [0.1, 0.15) is 62.9 Å². The van der Waals surface area contributed by atoms with E-state index in [4.69, 9.17) is 20.5 Å². The summed E-state index contributed by atoms with van der Waals surface area (Å²) in [7, 11) is 0.721. The van der Waals surface area contributed by atoms with Gasteiger partial charge in [-0.15, -0.1) is 0 Å². The highest BCUT2D eigenvalue weighted by atomic mass is 35.5. The molecule has 0 aromatic heterocycles. The minimum Gasteiger partial charge on any atom is -0.456 e. The molecule has 0 bridgehead atoms.